The van der Waals surface area contributed by atoms with Crippen LogP contribution >= 0.6 is 0 Å². The Morgan fingerprint density at radius 1 is 1.38 bits per heavy atom. The van der Waals surface area contributed by atoms with E-state index in [1.165, 1.54) is 31.4 Å². The largest absolute Gasteiger partial charge is 0.365 e. The average molecular weight is 215 g/mol. The molecule has 0 radical (unpaired) electrons. The van der Waals surface area contributed by atoms with Crippen molar-refractivity contribution in [3.05, 3.63) is 48.7 Å². The maximum Gasteiger partial charge on any atom is 0.0511 e. The van der Waals surface area contributed by atoms with Crippen LogP contribution in [0.2, 0.25) is 0 Å². The molecule has 1 unspecified atom stereocenters. The lowest BCUT2D eigenvalue weighted by atomic mass is 10.00. The number of rotatable bonds is 4. The Morgan fingerprint density at radius 2 is 2.31 bits per heavy atom. The molecule has 0 aromatic carbocycles. The van der Waals surface area contributed by atoms with Gasteiger partial charge in [0.25, 0.3) is 0 Å². The Morgan fingerprint density at radius 3 is 2.94 bits per heavy atom. The summed E-state index contributed by atoms with van der Waals surface area (Å²) in [5.74, 6) is 0. The normalized spacial score (nSPS) is 24.0. The molecule has 0 saturated carbocycles. The lowest BCUT2D eigenvalue weighted by Crippen LogP contribution is -2.34. The van der Waals surface area contributed by atoms with Crippen molar-refractivity contribution in [2.75, 3.05) is 6.54 Å². The number of allylic oxidation sites excluding steroid dienone is 4. The molecule has 2 aliphatic carbocycles. The fourth-order valence-electron chi connectivity index (χ4n) is 2.49. The minimum Gasteiger partial charge on any atom is -0.365 e. The molecular formula is C15H21N. The van der Waals surface area contributed by atoms with Crippen molar-refractivity contribution in [3.8, 4) is 0 Å². The van der Waals surface area contributed by atoms with Crippen molar-refractivity contribution in [2.45, 2.75) is 38.1 Å². The molecular weight excluding hydrogens is 194 g/mol. The molecule has 2 aliphatic rings. The van der Waals surface area contributed by atoms with Crippen molar-refractivity contribution in [2.24, 2.45) is 0 Å². The molecule has 0 heterocycles. The molecule has 0 aromatic rings. The van der Waals surface area contributed by atoms with Gasteiger partial charge in [-0.3, -0.25) is 0 Å². The Kier molecular flexibility index (Phi) is 4.03. The van der Waals surface area contributed by atoms with Crippen molar-refractivity contribution in [1.29, 1.82) is 0 Å². The van der Waals surface area contributed by atoms with Crippen LogP contribution in [-0.2, 0) is 0 Å². The highest BCUT2D eigenvalue weighted by molar-refractivity contribution is 5.18. The van der Waals surface area contributed by atoms with E-state index in [1.54, 1.807) is 0 Å². The predicted molar refractivity (Wildman–Crippen MR) is 70.1 cm³/mol. The molecule has 0 aromatic heterocycles. The maximum atomic E-state index is 3.88. The smallest absolute Gasteiger partial charge is 0.0511 e. The summed E-state index contributed by atoms with van der Waals surface area (Å²) in [5, 5.41) is 0. The van der Waals surface area contributed by atoms with Crippen molar-refractivity contribution in [1.82, 2.24) is 4.90 Å². The van der Waals surface area contributed by atoms with Gasteiger partial charge in [0.1, 0.15) is 0 Å². The standard InChI is InChI=1S/C15H21N/c1-2-13-16(14-9-5-3-6-10-14)15-11-7-4-8-12-15/h2-3,5-6,9,11,14H,1,4,7-8,10,12-13H2. The Balaban J connectivity index is 2.09. The first-order valence-corrected chi connectivity index (χ1v) is 6.31. The van der Waals surface area contributed by atoms with Gasteiger partial charge in [-0.2, -0.15) is 0 Å². The van der Waals surface area contributed by atoms with Crippen LogP contribution in [0.3, 0.4) is 0 Å². The molecule has 1 atom stereocenters. The van der Waals surface area contributed by atoms with Crippen LogP contribution in [0.4, 0.5) is 0 Å². The zero-order valence-electron chi connectivity index (χ0n) is 9.94. The lowest BCUT2D eigenvalue weighted by molar-refractivity contribution is 0.301. The second-order valence-corrected chi connectivity index (χ2v) is 4.50. The lowest BCUT2D eigenvalue weighted by Gasteiger charge is -2.35. The van der Waals surface area contributed by atoms with Crippen LogP contribution in [0, 0.1) is 0 Å². The fourth-order valence-corrected chi connectivity index (χ4v) is 2.49. The third-order valence-corrected chi connectivity index (χ3v) is 3.32. The fraction of sp³-hybridized carbons (Fsp3) is 0.467. The summed E-state index contributed by atoms with van der Waals surface area (Å²) in [5.41, 5.74) is 1.52. The van der Waals surface area contributed by atoms with Gasteiger partial charge >= 0.3 is 0 Å². The zero-order valence-corrected chi connectivity index (χ0v) is 9.94. The predicted octanol–water partition coefficient (Wildman–Crippen LogP) is 3.82. The van der Waals surface area contributed by atoms with E-state index in [2.05, 4.69) is 41.9 Å². The molecule has 0 amide bonds. The van der Waals surface area contributed by atoms with E-state index < -0.39 is 0 Å². The Hall–Kier alpha value is -1.24. The second-order valence-electron chi connectivity index (χ2n) is 4.50. The first-order chi connectivity index (χ1) is 7.92. The first kappa shape index (κ1) is 11.3. The summed E-state index contributed by atoms with van der Waals surface area (Å²) >= 11 is 0. The highest BCUT2D eigenvalue weighted by Crippen LogP contribution is 2.25. The maximum absolute atomic E-state index is 3.88. The zero-order chi connectivity index (χ0) is 11.2. The van der Waals surface area contributed by atoms with Crippen LogP contribution in [-0.4, -0.2) is 17.5 Å². The third kappa shape index (κ3) is 2.66. The number of hydrogen-bond acceptors (Lipinski definition) is 1. The van der Waals surface area contributed by atoms with Crippen molar-refractivity contribution >= 4 is 0 Å². The molecule has 0 spiro atoms. The van der Waals surface area contributed by atoms with E-state index in [0.29, 0.717) is 6.04 Å². The summed E-state index contributed by atoms with van der Waals surface area (Å²) in [6.07, 6.45) is 19.6. The van der Waals surface area contributed by atoms with E-state index in [1.807, 2.05) is 6.08 Å². The van der Waals surface area contributed by atoms with Gasteiger partial charge in [-0.1, -0.05) is 36.5 Å². The van der Waals surface area contributed by atoms with Gasteiger partial charge in [0, 0.05) is 12.2 Å². The topological polar surface area (TPSA) is 3.24 Å². The molecule has 86 valence electrons. The summed E-state index contributed by atoms with van der Waals surface area (Å²) in [7, 11) is 0. The highest BCUT2D eigenvalue weighted by Gasteiger charge is 2.18. The minimum atomic E-state index is 0.535. The number of nitrogens with zero attached hydrogens (tertiary/aromatic N) is 1. The minimum absolute atomic E-state index is 0.535. The summed E-state index contributed by atoms with van der Waals surface area (Å²) in [4.78, 5) is 2.51. The van der Waals surface area contributed by atoms with Crippen LogP contribution in [0.15, 0.2) is 48.7 Å². The van der Waals surface area contributed by atoms with Crippen molar-refractivity contribution in [3.63, 3.8) is 0 Å². The summed E-state index contributed by atoms with van der Waals surface area (Å²) < 4.78 is 0. The summed E-state index contributed by atoms with van der Waals surface area (Å²) in [6, 6.07) is 0.535. The highest BCUT2D eigenvalue weighted by atomic mass is 15.2. The van der Waals surface area contributed by atoms with E-state index >= 15 is 0 Å². The molecule has 2 rings (SSSR count). The van der Waals surface area contributed by atoms with E-state index in [-0.39, 0.29) is 0 Å². The van der Waals surface area contributed by atoms with Gasteiger partial charge in [-0.05, 0) is 32.1 Å². The molecule has 1 heteroatoms. The molecule has 16 heavy (non-hydrogen) atoms. The van der Waals surface area contributed by atoms with Crippen LogP contribution in [0.5, 0.6) is 0 Å². The van der Waals surface area contributed by atoms with Crippen LogP contribution in [0.25, 0.3) is 0 Å². The SMILES string of the molecule is C=CCN(C1=CCCCC1)C1C=CC=CC1. The van der Waals surface area contributed by atoms with Gasteiger partial charge in [0.05, 0.1) is 6.04 Å². The second kappa shape index (κ2) is 5.74. The molecule has 0 aliphatic heterocycles. The van der Waals surface area contributed by atoms with Crippen LogP contribution < -0.4 is 0 Å². The average Bonchev–Trinajstić information content (AvgIpc) is 2.38. The monoisotopic (exact) mass is 215 g/mol. The van der Waals surface area contributed by atoms with Gasteiger partial charge in [0.2, 0.25) is 0 Å². The summed E-state index contributed by atoms with van der Waals surface area (Å²) in [6.45, 7) is 4.85. The van der Waals surface area contributed by atoms with E-state index in [9.17, 15) is 0 Å². The van der Waals surface area contributed by atoms with Gasteiger partial charge < -0.3 is 4.90 Å². The first-order valence-electron chi connectivity index (χ1n) is 6.31. The number of hydrogen-bond donors (Lipinski definition) is 0. The quantitative estimate of drug-likeness (QED) is 0.644. The van der Waals surface area contributed by atoms with Crippen LogP contribution in [0.1, 0.15) is 32.1 Å². The van der Waals surface area contributed by atoms with Gasteiger partial charge in [-0.25, -0.2) is 0 Å². The van der Waals surface area contributed by atoms with Crippen molar-refractivity contribution < 1.29 is 0 Å². The van der Waals surface area contributed by atoms with Gasteiger partial charge in [-0.15, -0.1) is 6.58 Å². The molecule has 1 nitrogen and oxygen atoms in total. The Bertz CT molecular complexity index is 322. The molecule has 0 bridgehead atoms. The molecule has 0 fully saturated rings. The molecule has 0 saturated heterocycles. The van der Waals surface area contributed by atoms with E-state index in [4.69, 9.17) is 0 Å². The Labute approximate surface area is 98.8 Å². The third-order valence-electron chi connectivity index (χ3n) is 3.32. The molecule has 0 N–H and O–H groups in total. The van der Waals surface area contributed by atoms with E-state index in [0.717, 1.165) is 13.0 Å². The van der Waals surface area contributed by atoms with Gasteiger partial charge in [0.15, 0.2) is 0 Å².